The molecule has 1 aromatic carbocycles. The van der Waals surface area contributed by atoms with Crippen LogP contribution in [0.15, 0.2) is 18.2 Å². The van der Waals surface area contributed by atoms with Gasteiger partial charge >= 0.3 is 0 Å². The third-order valence-electron chi connectivity index (χ3n) is 3.71. The molecule has 0 saturated heterocycles. The molecule has 0 aliphatic rings. The fraction of sp³-hybridized carbons (Fsp3) is 0.588. The molecular formula is C17H26N2O. The first-order valence-electron chi connectivity index (χ1n) is 7.44. The maximum absolute atomic E-state index is 8.55. The van der Waals surface area contributed by atoms with E-state index in [1.54, 1.807) is 7.11 Å². The molecule has 0 spiro atoms. The molecular weight excluding hydrogens is 248 g/mol. The van der Waals surface area contributed by atoms with E-state index in [2.05, 4.69) is 36.9 Å². The third kappa shape index (κ3) is 5.63. The smallest absolute Gasteiger partial charge is 0.119 e. The van der Waals surface area contributed by atoms with Crippen LogP contribution in [-0.2, 0) is 6.42 Å². The molecule has 0 aliphatic heterocycles. The predicted molar refractivity (Wildman–Crippen MR) is 83.0 cm³/mol. The Morgan fingerprint density at radius 3 is 2.70 bits per heavy atom. The second-order valence-corrected chi connectivity index (χ2v) is 5.09. The molecule has 0 heterocycles. The zero-order chi connectivity index (χ0) is 14.8. The van der Waals surface area contributed by atoms with Gasteiger partial charge in [0.25, 0.3) is 0 Å². The maximum atomic E-state index is 8.55. The monoisotopic (exact) mass is 274 g/mol. The molecule has 0 fully saturated rings. The summed E-state index contributed by atoms with van der Waals surface area (Å²) in [5.74, 6) is 0.933. The van der Waals surface area contributed by atoms with Crippen molar-refractivity contribution in [2.24, 2.45) is 0 Å². The van der Waals surface area contributed by atoms with Gasteiger partial charge in [-0.15, -0.1) is 0 Å². The van der Waals surface area contributed by atoms with E-state index in [0.717, 1.165) is 44.6 Å². The number of hydrogen-bond donors (Lipinski definition) is 0. The quantitative estimate of drug-likeness (QED) is 0.646. The highest BCUT2D eigenvalue weighted by Crippen LogP contribution is 2.17. The van der Waals surface area contributed by atoms with Crippen molar-refractivity contribution < 1.29 is 4.74 Å². The number of ether oxygens (including phenoxy) is 1. The lowest BCUT2D eigenvalue weighted by molar-refractivity contribution is 0.285. The molecule has 0 aromatic heterocycles. The van der Waals surface area contributed by atoms with Crippen LogP contribution < -0.4 is 4.74 Å². The van der Waals surface area contributed by atoms with Gasteiger partial charge in [-0.2, -0.15) is 5.26 Å². The fourth-order valence-corrected chi connectivity index (χ4v) is 2.29. The highest BCUT2D eigenvalue weighted by Gasteiger charge is 2.05. The zero-order valence-corrected chi connectivity index (χ0v) is 13.0. The third-order valence-corrected chi connectivity index (χ3v) is 3.71. The van der Waals surface area contributed by atoms with Crippen LogP contribution in [0.2, 0.25) is 0 Å². The molecule has 0 aliphatic carbocycles. The molecule has 0 N–H and O–H groups in total. The van der Waals surface area contributed by atoms with E-state index in [-0.39, 0.29) is 0 Å². The van der Waals surface area contributed by atoms with E-state index < -0.39 is 0 Å². The minimum Gasteiger partial charge on any atom is -0.497 e. The van der Waals surface area contributed by atoms with Gasteiger partial charge in [0.2, 0.25) is 0 Å². The van der Waals surface area contributed by atoms with Gasteiger partial charge in [0.1, 0.15) is 5.75 Å². The van der Waals surface area contributed by atoms with Gasteiger partial charge < -0.3 is 9.64 Å². The molecule has 0 radical (unpaired) electrons. The minimum atomic E-state index is 0.673. The van der Waals surface area contributed by atoms with Crippen LogP contribution in [0.1, 0.15) is 37.3 Å². The van der Waals surface area contributed by atoms with Gasteiger partial charge in [-0.05, 0) is 62.5 Å². The van der Waals surface area contributed by atoms with Crippen LogP contribution in [0.25, 0.3) is 0 Å². The zero-order valence-electron chi connectivity index (χ0n) is 13.0. The molecule has 0 amide bonds. The number of nitriles is 1. The molecule has 0 bridgehead atoms. The fourth-order valence-electron chi connectivity index (χ4n) is 2.29. The largest absolute Gasteiger partial charge is 0.497 e. The van der Waals surface area contributed by atoms with Gasteiger partial charge in [-0.1, -0.05) is 13.0 Å². The topological polar surface area (TPSA) is 36.3 Å². The number of benzene rings is 1. The Bertz CT molecular complexity index is 437. The first-order valence-corrected chi connectivity index (χ1v) is 7.44. The first kappa shape index (κ1) is 16.5. The molecule has 110 valence electrons. The van der Waals surface area contributed by atoms with Gasteiger partial charge in [-0.25, -0.2) is 0 Å². The van der Waals surface area contributed by atoms with E-state index in [0.29, 0.717) is 6.42 Å². The van der Waals surface area contributed by atoms with Crippen molar-refractivity contribution in [1.82, 2.24) is 4.90 Å². The molecule has 0 saturated carbocycles. The van der Waals surface area contributed by atoms with Crippen molar-refractivity contribution in [2.75, 3.05) is 26.7 Å². The second kappa shape index (κ2) is 9.39. The molecule has 3 nitrogen and oxygen atoms in total. The van der Waals surface area contributed by atoms with Gasteiger partial charge in [0.05, 0.1) is 13.2 Å². The molecule has 20 heavy (non-hydrogen) atoms. The van der Waals surface area contributed by atoms with E-state index >= 15 is 0 Å². The molecule has 3 heteroatoms. The van der Waals surface area contributed by atoms with Crippen molar-refractivity contribution >= 4 is 0 Å². The summed E-state index contributed by atoms with van der Waals surface area (Å²) in [5.41, 5.74) is 2.69. The summed E-state index contributed by atoms with van der Waals surface area (Å²) in [5, 5.41) is 8.55. The standard InChI is InChI=1S/C17H26N2O/c1-4-19(12-7-5-6-11-18)13-10-16-14-17(20-3)9-8-15(16)2/h8-9,14H,4-7,10,12-13H2,1-3H3. The Balaban J connectivity index is 2.45. The van der Waals surface area contributed by atoms with Crippen molar-refractivity contribution in [1.29, 1.82) is 5.26 Å². The van der Waals surface area contributed by atoms with E-state index in [1.807, 2.05) is 6.07 Å². The number of nitrogens with zero attached hydrogens (tertiary/aromatic N) is 2. The Labute approximate surface area is 123 Å². The lowest BCUT2D eigenvalue weighted by Gasteiger charge is -2.20. The van der Waals surface area contributed by atoms with Crippen molar-refractivity contribution in [3.63, 3.8) is 0 Å². The van der Waals surface area contributed by atoms with Crippen molar-refractivity contribution in [3.05, 3.63) is 29.3 Å². The Morgan fingerprint density at radius 2 is 2.05 bits per heavy atom. The van der Waals surface area contributed by atoms with Gasteiger partial charge in [-0.3, -0.25) is 0 Å². The Morgan fingerprint density at radius 1 is 1.25 bits per heavy atom. The summed E-state index contributed by atoms with van der Waals surface area (Å²) < 4.78 is 5.29. The minimum absolute atomic E-state index is 0.673. The maximum Gasteiger partial charge on any atom is 0.119 e. The summed E-state index contributed by atoms with van der Waals surface area (Å²) in [4.78, 5) is 2.45. The molecule has 1 rings (SSSR count). The van der Waals surface area contributed by atoms with Crippen LogP contribution >= 0.6 is 0 Å². The number of rotatable bonds is 9. The van der Waals surface area contributed by atoms with Gasteiger partial charge in [0.15, 0.2) is 0 Å². The molecule has 0 unspecified atom stereocenters. The average molecular weight is 274 g/mol. The number of methoxy groups -OCH3 is 1. The number of hydrogen-bond acceptors (Lipinski definition) is 3. The van der Waals surface area contributed by atoms with Crippen LogP contribution in [-0.4, -0.2) is 31.6 Å². The summed E-state index contributed by atoms with van der Waals surface area (Å²) in [7, 11) is 1.71. The summed E-state index contributed by atoms with van der Waals surface area (Å²) in [6.07, 6.45) is 3.84. The van der Waals surface area contributed by atoms with Crippen molar-refractivity contribution in [2.45, 2.75) is 39.5 Å². The van der Waals surface area contributed by atoms with E-state index in [4.69, 9.17) is 10.00 Å². The normalized spacial score (nSPS) is 10.6. The Kier molecular flexibility index (Phi) is 7.75. The first-order chi connectivity index (χ1) is 9.71. The number of unbranched alkanes of at least 4 members (excludes halogenated alkanes) is 2. The van der Waals surface area contributed by atoms with E-state index in [9.17, 15) is 0 Å². The lowest BCUT2D eigenvalue weighted by Crippen LogP contribution is -2.27. The van der Waals surface area contributed by atoms with Crippen LogP contribution in [0.3, 0.4) is 0 Å². The summed E-state index contributed by atoms with van der Waals surface area (Å²) in [6.45, 7) is 7.56. The van der Waals surface area contributed by atoms with Crippen molar-refractivity contribution in [3.8, 4) is 11.8 Å². The summed E-state index contributed by atoms with van der Waals surface area (Å²) in [6, 6.07) is 8.48. The predicted octanol–water partition coefficient (Wildman–Crippen LogP) is 3.56. The lowest BCUT2D eigenvalue weighted by atomic mass is 10.0. The van der Waals surface area contributed by atoms with Crippen LogP contribution in [0, 0.1) is 18.3 Å². The highest BCUT2D eigenvalue weighted by molar-refractivity contribution is 5.35. The Hall–Kier alpha value is -1.53. The second-order valence-electron chi connectivity index (χ2n) is 5.09. The molecule has 1 aromatic rings. The summed E-state index contributed by atoms with van der Waals surface area (Å²) >= 11 is 0. The average Bonchev–Trinajstić information content (AvgIpc) is 2.48. The number of aryl methyl sites for hydroxylation is 1. The molecule has 0 atom stereocenters. The highest BCUT2D eigenvalue weighted by atomic mass is 16.5. The van der Waals surface area contributed by atoms with Gasteiger partial charge in [0, 0.05) is 13.0 Å². The van der Waals surface area contributed by atoms with E-state index in [1.165, 1.54) is 11.1 Å². The van der Waals surface area contributed by atoms with Crippen LogP contribution in [0.5, 0.6) is 5.75 Å². The van der Waals surface area contributed by atoms with Crippen LogP contribution in [0.4, 0.5) is 0 Å². The SMILES string of the molecule is CCN(CCCCC#N)CCc1cc(OC)ccc1C. The number of likely N-dealkylation sites (N-methyl/N-ethyl adjacent to an activating group) is 1.